The van der Waals surface area contributed by atoms with Crippen LogP contribution in [0.25, 0.3) is 0 Å². The van der Waals surface area contributed by atoms with Gasteiger partial charge in [0, 0.05) is 55.0 Å². The number of nitrogens with zero attached hydrogens (tertiary/aromatic N) is 3. The molecule has 2 fully saturated rings. The molecule has 51 heavy (non-hydrogen) atoms. The van der Waals surface area contributed by atoms with E-state index in [4.69, 9.17) is 44.3 Å². The van der Waals surface area contributed by atoms with E-state index >= 15 is 0 Å². The van der Waals surface area contributed by atoms with Gasteiger partial charge in [0.15, 0.2) is 0 Å². The number of pyridine rings is 2. The summed E-state index contributed by atoms with van der Waals surface area (Å²) >= 11 is 17.5. The SMILES string of the molecule is C1COCCN1.FC(F)(F)Oc1ccc(Nc2cc(Cl)nc(Cl)c2)cc1.FC(F)(F)Oc1ccc(Nc2cc(Cl)nc(N3CCOCC3)c2)cc1. The topological polar surface area (TPSA) is 102 Å². The largest absolute Gasteiger partial charge is 0.573 e. The van der Waals surface area contributed by atoms with Gasteiger partial charge in [-0.05, 0) is 66.7 Å². The van der Waals surface area contributed by atoms with Crippen LogP contribution in [0.4, 0.5) is 54.9 Å². The Morgan fingerprint density at radius 3 is 1.39 bits per heavy atom. The molecule has 19 heteroatoms. The van der Waals surface area contributed by atoms with Crippen LogP contribution in [0.1, 0.15) is 0 Å². The van der Waals surface area contributed by atoms with Gasteiger partial charge in [-0.3, -0.25) is 0 Å². The number of rotatable bonds is 7. The van der Waals surface area contributed by atoms with Crippen molar-refractivity contribution < 1.29 is 45.3 Å². The second-order valence-electron chi connectivity index (χ2n) is 10.4. The fourth-order valence-corrected chi connectivity index (χ4v) is 5.04. The van der Waals surface area contributed by atoms with Crippen LogP contribution in [-0.2, 0) is 9.47 Å². The van der Waals surface area contributed by atoms with Gasteiger partial charge in [-0.15, -0.1) is 26.3 Å². The lowest BCUT2D eigenvalue weighted by Gasteiger charge is -2.28. The number of ether oxygens (including phenoxy) is 4. The number of anilines is 5. The van der Waals surface area contributed by atoms with E-state index < -0.39 is 12.7 Å². The van der Waals surface area contributed by atoms with E-state index in [-0.39, 0.29) is 21.8 Å². The number of morpholine rings is 2. The zero-order valence-electron chi connectivity index (χ0n) is 26.5. The van der Waals surface area contributed by atoms with Gasteiger partial charge < -0.3 is 39.8 Å². The Labute approximate surface area is 303 Å². The number of nitrogens with one attached hydrogen (secondary N) is 3. The second-order valence-corrected chi connectivity index (χ2v) is 11.6. The molecule has 0 saturated carbocycles. The summed E-state index contributed by atoms with van der Waals surface area (Å²) < 4.78 is 90.5. The molecule has 4 aromatic rings. The molecule has 276 valence electrons. The molecule has 2 saturated heterocycles. The molecule has 6 rings (SSSR count). The summed E-state index contributed by atoms with van der Waals surface area (Å²) in [7, 11) is 0. The van der Waals surface area contributed by atoms with Crippen molar-refractivity contribution in [1.82, 2.24) is 15.3 Å². The smallest absolute Gasteiger partial charge is 0.406 e. The highest BCUT2D eigenvalue weighted by molar-refractivity contribution is 6.32. The lowest BCUT2D eigenvalue weighted by molar-refractivity contribution is -0.275. The van der Waals surface area contributed by atoms with Crippen molar-refractivity contribution in [1.29, 1.82) is 0 Å². The average Bonchev–Trinajstić information content (AvgIpc) is 3.06. The summed E-state index contributed by atoms with van der Waals surface area (Å²) in [5.41, 5.74) is 2.41. The summed E-state index contributed by atoms with van der Waals surface area (Å²) in [4.78, 5) is 10.1. The second kappa shape index (κ2) is 19.1. The van der Waals surface area contributed by atoms with E-state index in [0.29, 0.717) is 41.1 Å². The first kappa shape index (κ1) is 39.8. The molecule has 0 spiro atoms. The summed E-state index contributed by atoms with van der Waals surface area (Å²) in [5, 5.41) is 9.92. The number of hydrogen-bond donors (Lipinski definition) is 3. The molecule has 3 N–H and O–H groups in total. The minimum atomic E-state index is -4.71. The highest BCUT2D eigenvalue weighted by atomic mass is 35.5. The molecule has 0 radical (unpaired) electrons. The molecule has 0 atom stereocenters. The van der Waals surface area contributed by atoms with E-state index in [2.05, 4.69) is 40.3 Å². The van der Waals surface area contributed by atoms with E-state index in [1.807, 2.05) is 6.07 Å². The Morgan fingerprint density at radius 2 is 1.00 bits per heavy atom. The molecule has 2 aromatic heterocycles. The predicted molar refractivity (Wildman–Crippen MR) is 183 cm³/mol. The van der Waals surface area contributed by atoms with Crippen LogP contribution in [0.5, 0.6) is 11.5 Å². The van der Waals surface area contributed by atoms with Gasteiger partial charge in [-0.25, -0.2) is 9.97 Å². The van der Waals surface area contributed by atoms with Crippen LogP contribution >= 0.6 is 34.8 Å². The van der Waals surface area contributed by atoms with Crippen LogP contribution in [0.3, 0.4) is 0 Å². The van der Waals surface area contributed by atoms with Gasteiger partial charge in [0.2, 0.25) is 0 Å². The Kier molecular flexibility index (Phi) is 14.9. The van der Waals surface area contributed by atoms with Crippen molar-refractivity contribution >= 4 is 63.4 Å². The molecular formula is C32H31Cl3F6N6O4. The lowest BCUT2D eigenvalue weighted by Crippen LogP contribution is -2.36. The van der Waals surface area contributed by atoms with Crippen molar-refractivity contribution in [2.45, 2.75) is 12.7 Å². The highest BCUT2D eigenvalue weighted by Gasteiger charge is 2.31. The number of alkyl halides is 6. The summed E-state index contributed by atoms with van der Waals surface area (Å²) in [6, 6.07) is 17.3. The summed E-state index contributed by atoms with van der Waals surface area (Å²) in [5.74, 6) is 0.143. The summed E-state index contributed by atoms with van der Waals surface area (Å²) in [6.07, 6.45) is -9.41. The predicted octanol–water partition coefficient (Wildman–Crippen LogP) is 8.85. The Hall–Kier alpha value is -3.93. The summed E-state index contributed by atoms with van der Waals surface area (Å²) in [6.45, 7) is 6.52. The average molecular weight is 784 g/mol. The Morgan fingerprint density at radius 1 is 0.588 bits per heavy atom. The van der Waals surface area contributed by atoms with Crippen molar-refractivity contribution in [2.24, 2.45) is 0 Å². The van der Waals surface area contributed by atoms with Gasteiger partial charge in [0.05, 0.1) is 26.4 Å². The monoisotopic (exact) mass is 782 g/mol. The minimum absolute atomic E-state index is 0.206. The first-order chi connectivity index (χ1) is 24.2. The zero-order valence-corrected chi connectivity index (χ0v) is 28.7. The maximum Gasteiger partial charge on any atom is 0.573 e. The van der Waals surface area contributed by atoms with E-state index in [0.717, 1.165) is 45.2 Å². The minimum Gasteiger partial charge on any atom is -0.406 e. The fraction of sp³-hybridized carbons (Fsp3) is 0.312. The van der Waals surface area contributed by atoms with Gasteiger partial charge in [-0.2, -0.15) is 0 Å². The number of hydrogen-bond acceptors (Lipinski definition) is 10. The Balaban J connectivity index is 0.000000200. The van der Waals surface area contributed by atoms with Crippen molar-refractivity contribution in [3.8, 4) is 11.5 Å². The molecule has 0 bridgehead atoms. The molecule has 0 unspecified atom stereocenters. The van der Waals surface area contributed by atoms with Crippen LogP contribution in [-0.4, -0.2) is 75.3 Å². The van der Waals surface area contributed by atoms with Gasteiger partial charge >= 0.3 is 12.7 Å². The first-order valence-electron chi connectivity index (χ1n) is 15.1. The van der Waals surface area contributed by atoms with E-state index in [1.165, 1.54) is 60.7 Å². The molecule has 2 aliphatic heterocycles. The highest BCUT2D eigenvalue weighted by Crippen LogP contribution is 2.29. The van der Waals surface area contributed by atoms with Crippen molar-refractivity contribution in [3.05, 3.63) is 88.3 Å². The number of benzene rings is 2. The molecule has 2 aliphatic rings. The number of halogens is 9. The maximum absolute atomic E-state index is 12.2. The van der Waals surface area contributed by atoms with Crippen molar-refractivity contribution in [3.63, 3.8) is 0 Å². The Bertz CT molecular complexity index is 1630. The van der Waals surface area contributed by atoms with Gasteiger partial charge in [0.1, 0.15) is 32.8 Å². The normalized spacial score (nSPS) is 14.6. The van der Waals surface area contributed by atoms with Crippen LogP contribution in [0.2, 0.25) is 15.5 Å². The molecule has 0 amide bonds. The quantitative estimate of drug-likeness (QED) is 0.125. The molecule has 0 aliphatic carbocycles. The first-order valence-corrected chi connectivity index (χ1v) is 16.2. The molecule has 4 heterocycles. The fourth-order valence-electron chi connectivity index (χ4n) is 4.38. The van der Waals surface area contributed by atoms with Crippen molar-refractivity contribution in [2.75, 3.05) is 68.1 Å². The lowest BCUT2D eigenvalue weighted by atomic mass is 10.2. The van der Waals surface area contributed by atoms with Crippen LogP contribution < -0.4 is 30.3 Å². The van der Waals surface area contributed by atoms with Crippen LogP contribution in [0.15, 0.2) is 72.8 Å². The van der Waals surface area contributed by atoms with Gasteiger partial charge in [-0.1, -0.05) is 34.8 Å². The molecule has 2 aromatic carbocycles. The third-order valence-electron chi connectivity index (χ3n) is 6.48. The van der Waals surface area contributed by atoms with E-state index in [9.17, 15) is 26.3 Å². The van der Waals surface area contributed by atoms with E-state index in [1.54, 1.807) is 6.07 Å². The maximum atomic E-state index is 12.2. The number of aromatic nitrogens is 2. The molecule has 10 nitrogen and oxygen atoms in total. The third kappa shape index (κ3) is 15.5. The van der Waals surface area contributed by atoms with Gasteiger partial charge in [0.25, 0.3) is 0 Å². The third-order valence-corrected chi connectivity index (χ3v) is 7.06. The standard InChI is InChI=1S/C16H15ClF3N3O2.C12H7Cl2F3N2O.C4H9NO/c17-14-9-12(10-15(22-14)23-5-7-24-8-6-23)21-11-1-3-13(4-2-11)25-16(18,19)20;13-10-5-8(6-11(14)19-10)18-7-1-3-9(4-2-7)20-12(15,16)17;1-3-6-4-2-5-1/h1-4,9-10H,5-8H2,(H,21,22);1-6H,(H,18,19);5H,1-4H2. The zero-order chi connectivity index (χ0) is 36.9. The molecular weight excluding hydrogens is 753 g/mol. The van der Waals surface area contributed by atoms with Crippen LogP contribution in [0, 0.1) is 0 Å².